The Morgan fingerprint density at radius 2 is 2.05 bits per heavy atom. The second-order valence-corrected chi connectivity index (χ2v) is 11.6. The number of carbonyl (C=O) groups excluding carboxylic acids is 2. The Balaban J connectivity index is 1.29. The lowest BCUT2D eigenvalue weighted by Crippen LogP contribution is -2.71. The summed E-state index contributed by atoms with van der Waals surface area (Å²) in [6.07, 6.45) is 2.53. The van der Waals surface area contributed by atoms with E-state index in [4.69, 9.17) is 15.7 Å². The molecule has 19 heteroatoms. The summed E-state index contributed by atoms with van der Waals surface area (Å²) in [6, 6.07) is 7.52. The van der Waals surface area contributed by atoms with E-state index in [1.807, 2.05) is 0 Å². The van der Waals surface area contributed by atoms with Crippen molar-refractivity contribution < 1.29 is 34.2 Å². The summed E-state index contributed by atoms with van der Waals surface area (Å²) in [5, 5.41) is 38.0. The quantitative estimate of drug-likeness (QED) is 0.0933. The number of carbonyl (C=O) groups is 4. The fraction of sp³-hybridized carbons (Fsp3) is 0.208. The van der Waals surface area contributed by atoms with Crippen LogP contribution in [0, 0.1) is 0 Å². The Kier molecular flexibility index (Phi) is 9.02. The second-order valence-electron chi connectivity index (χ2n) is 8.71. The van der Waals surface area contributed by atoms with Crippen molar-refractivity contribution in [3.63, 3.8) is 0 Å². The number of hydrogen-bond donors (Lipinski definition) is 4. The number of thiazole rings is 1. The van der Waals surface area contributed by atoms with Crippen LogP contribution < -0.4 is 15.9 Å². The maximum Gasteiger partial charge on any atom is 0.352 e. The molecule has 1 unspecified atom stereocenters. The van der Waals surface area contributed by atoms with Gasteiger partial charge in [0.2, 0.25) is 5.16 Å². The Bertz CT molecular complexity index is 1650. The summed E-state index contributed by atoms with van der Waals surface area (Å²) in [4.78, 5) is 60.1. The molecule has 0 radical (unpaired) electrons. The first-order valence-electron chi connectivity index (χ1n) is 12.2. The molecule has 1 fully saturated rings. The zero-order valence-corrected chi connectivity index (χ0v) is 24.2. The lowest BCUT2D eigenvalue weighted by atomic mass is 10.0. The number of carboxylic acid groups (broad SMARTS) is 2. The SMILES string of the molecule is Nc1nc(/C(=N/Oc2ccccc2)C(=O)NC2C(=O)N3C(C(=O)O)=C(CSc4nnnn4/C=C/CC(=O)O)CS[C@H]23)cs1. The zero-order valence-electron chi connectivity index (χ0n) is 21.8. The lowest BCUT2D eigenvalue weighted by molar-refractivity contribution is -0.150. The number of benzene rings is 1. The van der Waals surface area contributed by atoms with Crippen molar-refractivity contribution in [2.45, 2.75) is 23.0 Å². The number of tetrazole rings is 1. The predicted octanol–water partition coefficient (Wildman–Crippen LogP) is 0.971. The molecule has 0 spiro atoms. The topological polar surface area (TPSA) is 228 Å². The molecule has 0 aliphatic carbocycles. The minimum atomic E-state index is -1.29. The average molecular weight is 644 g/mol. The molecule has 0 bridgehead atoms. The number of β-lactam (4-membered cyclic amide) rings is 1. The number of nitrogen functional groups attached to an aromatic ring is 1. The van der Waals surface area contributed by atoms with Crippen LogP contribution in [-0.4, -0.2) is 92.7 Å². The molecular formula is C24H21N9O7S3. The Morgan fingerprint density at radius 1 is 1.26 bits per heavy atom. The first-order chi connectivity index (χ1) is 20.7. The highest BCUT2D eigenvalue weighted by atomic mass is 32.2. The Morgan fingerprint density at radius 3 is 2.74 bits per heavy atom. The highest BCUT2D eigenvalue weighted by molar-refractivity contribution is 8.01. The van der Waals surface area contributed by atoms with Crippen molar-refractivity contribution in [3.8, 4) is 5.75 Å². The van der Waals surface area contributed by atoms with Crippen LogP contribution in [0.3, 0.4) is 0 Å². The smallest absolute Gasteiger partial charge is 0.352 e. The van der Waals surface area contributed by atoms with E-state index in [1.54, 1.807) is 30.3 Å². The number of nitrogens with zero attached hydrogens (tertiary/aromatic N) is 7. The third-order valence-corrected chi connectivity index (χ3v) is 8.91. The van der Waals surface area contributed by atoms with E-state index in [2.05, 4.69) is 31.0 Å². The average Bonchev–Trinajstić information content (AvgIpc) is 3.63. The number of amides is 2. The van der Waals surface area contributed by atoms with Gasteiger partial charge >= 0.3 is 11.9 Å². The number of fused-ring (bicyclic) bond motifs is 1. The van der Waals surface area contributed by atoms with E-state index in [0.717, 1.165) is 28.0 Å². The highest BCUT2D eigenvalue weighted by Gasteiger charge is 2.54. The van der Waals surface area contributed by atoms with Crippen molar-refractivity contribution in [3.05, 3.63) is 58.8 Å². The number of anilines is 1. The molecule has 1 saturated heterocycles. The van der Waals surface area contributed by atoms with Gasteiger partial charge in [0.15, 0.2) is 16.6 Å². The molecule has 2 atom stereocenters. The van der Waals surface area contributed by atoms with Crippen molar-refractivity contribution >= 4 is 75.7 Å². The number of hydrogen-bond acceptors (Lipinski definition) is 14. The number of aliphatic carboxylic acids is 2. The monoisotopic (exact) mass is 643 g/mol. The summed E-state index contributed by atoms with van der Waals surface area (Å²) in [7, 11) is 0. The third kappa shape index (κ3) is 6.68. The lowest BCUT2D eigenvalue weighted by Gasteiger charge is -2.49. The van der Waals surface area contributed by atoms with Gasteiger partial charge in [0.05, 0.1) is 6.42 Å². The van der Waals surface area contributed by atoms with Gasteiger partial charge in [-0.25, -0.2) is 9.78 Å². The van der Waals surface area contributed by atoms with Gasteiger partial charge in [0.1, 0.15) is 22.8 Å². The van der Waals surface area contributed by atoms with Gasteiger partial charge < -0.3 is 26.1 Å². The fourth-order valence-electron chi connectivity index (χ4n) is 3.96. The van der Waals surface area contributed by atoms with Crippen molar-refractivity contribution in [2.75, 3.05) is 17.2 Å². The maximum absolute atomic E-state index is 13.3. The van der Waals surface area contributed by atoms with Crippen LogP contribution in [-0.2, 0) is 19.2 Å². The van der Waals surface area contributed by atoms with Crippen molar-refractivity contribution in [1.29, 1.82) is 0 Å². The van der Waals surface area contributed by atoms with Gasteiger partial charge in [-0.05, 0) is 28.1 Å². The van der Waals surface area contributed by atoms with E-state index >= 15 is 0 Å². The van der Waals surface area contributed by atoms with Crippen molar-refractivity contribution in [1.82, 2.24) is 35.4 Å². The van der Waals surface area contributed by atoms with E-state index in [-0.39, 0.29) is 40.2 Å². The van der Waals surface area contributed by atoms with Crippen LogP contribution in [0.4, 0.5) is 5.13 Å². The van der Waals surface area contributed by atoms with E-state index < -0.39 is 35.2 Å². The second kappa shape index (κ2) is 13.0. The number of aromatic nitrogens is 5. The van der Waals surface area contributed by atoms with Gasteiger partial charge in [0.25, 0.3) is 11.8 Å². The largest absolute Gasteiger partial charge is 0.481 e. The molecule has 43 heavy (non-hydrogen) atoms. The number of rotatable bonds is 12. The molecule has 0 saturated carbocycles. The molecule has 1 aromatic carbocycles. The van der Waals surface area contributed by atoms with Crippen LogP contribution >= 0.6 is 34.9 Å². The van der Waals surface area contributed by atoms with E-state index in [1.165, 1.54) is 34.1 Å². The van der Waals surface area contributed by atoms with Crippen molar-refractivity contribution in [2.24, 2.45) is 5.16 Å². The minimum absolute atomic E-state index is 0.147. The van der Waals surface area contributed by atoms with Gasteiger partial charge in [-0.2, -0.15) is 4.68 Å². The number of carboxylic acids is 2. The first-order valence-corrected chi connectivity index (χ1v) is 15.2. The predicted molar refractivity (Wildman–Crippen MR) is 156 cm³/mol. The summed E-state index contributed by atoms with van der Waals surface area (Å²) in [6.45, 7) is 0. The number of nitrogens with two attached hydrogens (primary N) is 1. The third-order valence-electron chi connectivity index (χ3n) is 5.88. The Hall–Kier alpha value is -4.75. The fourth-order valence-corrected chi connectivity index (χ4v) is 6.85. The molecule has 5 N–H and O–H groups in total. The van der Waals surface area contributed by atoms with Gasteiger partial charge in [-0.15, -0.1) is 28.2 Å². The highest BCUT2D eigenvalue weighted by Crippen LogP contribution is 2.41. The molecule has 2 aliphatic rings. The minimum Gasteiger partial charge on any atom is -0.481 e. The molecule has 5 rings (SSSR count). The zero-order chi connectivity index (χ0) is 30.5. The van der Waals surface area contributed by atoms with Gasteiger partial charge in [-0.1, -0.05) is 41.2 Å². The molecule has 222 valence electrons. The van der Waals surface area contributed by atoms with Crippen LogP contribution in [0.5, 0.6) is 5.75 Å². The summed E-state index contributed by atoms with van der Waals surface area (Å²) in [5.74, 6) is -2.89. The number of nitrogens with one attached hydrogen (secondary N) is 1. The molecule has 2 aliphatic heterocycles. The molecular weight excluding hydrogens is 623 g/mol. The number of oxime groups is 1. The van der Waals surface area contributed by atoms with E-state index in [9.17, 15) is 24.3 Å². The van der Waals surface area contributed by atoms with Crippen LogP contribution in [0.15, 0.2) is 63.4 Å². The van der Waals surface area contributed by atoms with Gasteiger partial charge in [0, 0.05) is 23.1 Å². The van der Waals surface area contributed by atoms with Crippen LogP contribution in [0.25, 0.3) is 6.20 Å². The maximum atomic E-state index is 13.3. The van der Waals surface area contributed by atoms with E-state index in [0.29, 0.717) is 16.5 Å². The van der Waals surface area contributed by atoms with Crippen LogP contribution in [0.2, 0.25) is 0 Å². The molecule has 4 heterocycles. The number of para-hydroxylation sites is 1. The summed E-state index contributed by atoms with van der Waals surface area (Å²) < 4.78 is 1.27. The number of thioether (sulfide) groups is 2. The molecule has 2 aromatic heterocycles. The molecule has 2 amide bonds. The Labute approximate surface area is 254 Å². The molecule has 16 nitrogen and oxygen atoms in total. The summed E-state index contributed by atoms with van der Waals surface area (Å²) in [5.41, 5.74) is 5.97. The van der Waals surface area contributed by atoms with Gasteiger partial charge in [-0.3, -0.25) is 19.3 Å². The standard InChI is InChI=1S/C24H21N9O7S3/c25-23-26-14(11-42-23)16(29-40-13-5-2-1-3-6-13)19(36)27-17-20(37)33-18(22(38)39)12(9-41-21(17)33)10-43-24-28-30-31-32(24)8-4-7-15(34)35/h1-6,8,11,17,21H,7,9-10H2,(H2,25,26)(H,27,36)(H,34,35)(H,38,39)/b8-4+,29-16-/t17?,21-/m1/s1. The normalized spacial score (nSPS) is 18.4. The first kappa shape index (κ1) is 29.7. The molecule has 3 aromatic rings. The summed E-state index contributed by atoms with van der Waals surface area (Å²) >= 11 is 3.52. The van der Waals surface area contributed by atoms with Crippen LogP contribution in [0.1, 0.15) is 12.1 Å².